The highest BCUT2D eigenvalue weighted by Gasteiger charge is 2.24. The Labute approximate surface area is 131 Å². The smallest absolute Gasteiger partial charge is 0.222 e. The lowest BCUT2D eigenvalue weighted by atomic mass is 10.0. The summed E-state index contributed by atoms with van der Waals surface area (Å²) >= 11 is 0. The molecule has 0 aliphatic carbocycles. The van der Waals surface area contributed by atoms with E-state index in [-0.39, 0.29) is 5.91 Å². The van der Waals surface area contributed by atoms with Gasteiger partial charge in [-0.3, -0.25) is 4.79 Å². The van der Waals surface area contributed by atoms with Crippen molar-refractivity contribution in [1.29, 1.82) is 0 Å². The number of nitrogens with zero attached hydrogens (tertiary/aromatic N) is 3. The van der Waals surface area contributed by atoms with E-state index in [1.807, 2.05) is 17.0 Å². The van der Waals surface area contributed by atoms with Crippen LogP contribution in [-0.2, 0) is 9.53 Å². The third-order valence-corrected chi connectivity index (χ3v) is 4.48. The van der Waals surface area contributed by atoms with Gasteiger partial charge in [-0.15, -0.1) is 5.10 Å². The summed E-state index contributed by atoms with van der Waals surface area (Å²) in [5.74, 6) is 1.08. The fraction of sp³-hybridized carbons (Fsp3) is 0.688. The lowest BCUT2D eigenvalue weighted by molar-refractivity contribution is -0.132. The van der Waals surface area contributed by atoms with E-state index in [9.17, 15) is 4.79 Å². The molecule has 120 valence electrons. The van der Waals surface area contributed by atoms with E-state index in [0.29, 0.717) is 18.6 Å². The summed E-state index contributed by atoms with van der Waals surface area (Å²) in [5.41, 5.74) is 0. The summed E-state index contributed by atoms with van der Waals surface area (Å²) in [6.07, 6.45) is 7.63. The Morgan fingerprint density at radius 3 is 2.91 bits per heavy atom. The molecule has 3 heterocycles. The van der Waals surface area contributed by atoms with Crippen molar-refractivity contribution in [2.75, 3.05) is 25.0 Å². The lowest BCUT2D eigenvalue weighted by Gasteiger charge is -2.32. The molecule has 0 bridgehead atoms. The van der Waals surface area contributed by atoms with Gasteiger partial charge in [-0.2, -0.15) is 5.10 Å². The average Bonchev–Trinajstić information content (AvgIpc) is 3.08. The molecule has 1 N–H and O–H groups in total. The first-order valence-corrected chi connectivity index (χ1v) is 8.25. The molecule has 0 saturated carbocycles. The van der Waals surface area contributed by atoms with Crippen LogP contribution < -0.4 is 5.32 Å². The normalized spacial score (nSPS) is 22.7. The van der Waals surface area contributed by atoms with Gasteiger partial charge in [0.2, 0.25) is 5.91 Å². The number of rotatable bonds is 5. The van der Waals surface area contributed by atoms with Crippen LogP contribution >= 0.6 is 0 Å². The summed E-state index contributed by atoms with van der Waals surface area (Å²) in [6.45, 7) is 2.50. The van der Waals surface area contributed by atoms with Gasteiger partial charge in [-0.25, -0.2) is 0 Å². The standard InChI is InChI=1S/C16H24N4O2/c21-16(6-5-14-3-2-12-22-14)20-10-7-13(8-11-20)18-15-4-1-9-17-19-15/h1,4,9,13-14H,2-3,5-8,10-12H2,(H,18,19)/t14-/m0/s1. The Morgan fingerprint density at radius 2 is 2.23 bits per heavy atom. The van der Waals surface area contributed by atoms with Crippen LogP contribution in [0.2, 0.25) is 0 Å². The number of aromatic nitrogens is 2. The van der Waals surface area contributed by atoms with Crippen molar-refractivity contribution >= 4 is 11.7 Å². The highest BCUT2D eigenvalue weighted by molar-refractivity contribution is 5.76. The number of ether oxygens (including phenoxy) is 1. The predicted octanol–water partition coefficient (Wildman–Crippen LogP) is 1.84. The number of carbonyl (C=O) groups is 1. The molecule has 0 radical (unpaired) electrons. The molecule has 2 fully saturated rings. The third-order valence-electron chi connectivity index (χ3n) is 4.48. The van der Waals surface area contributed by atoms with E-state index in [1.54, 1.807) is 6.20 Å². The van der Waals surface area contributed by atoms with Gasteiger partial charge in [0.1, 0.15) is 5.82 Å². The van der Waals surface area contributed by atoms with E-state index in [0.717, 1.165) is 57.6 Å². The Bertz CT molecular complexity index is 468. The Morgan fingerprint density at radius 1 is 1.36 bits per heavy atom. The first-order chi connectivity index (χ1) is 10.8. The zero-order valence-electron chi connectivity index (χ0n) is 12.9. The number of anilines is 1. The molecule has 3 rings (SSSR count). The molecule has 1 aromatic heterocycles. The highest BCUT2D eigenvalue weighted by atomic mass is 16.5. The van der Waals surface area contributed by atoms with Crippen LogP contribution in [0.1, 0.15) is 38.5 Å². The van der Waals surface area contributed by atoms with E-state index in [4.69, 9.17) is 4.74 Å². The second-order valence-corrected chi connectivity index (χ2v) is 6.08. The maximum Gasteiger partial charge on any atom is 0.222 e. The fourth-order valence-electron chi connectivity index (χ4n) is 3.18. The zero-order valence-corrected chi connectivity index (χ0v) is 12.9. The van der Waals surface area contributed by atoms with Crippen molar-refractivity contribution in [3.05, 3.63) is 18.3 Å². The number of amides is 1. The van der Waals surface area contributed by atoms with Crippen LogP contribution in [0.15, 0.2) is 18.3 Å². The Balaban J connectivity index is 1.38. The number of nitrogens with one attached hydrogen (secondary N) is 1. The first-order valence-electron chi connectivity index (χ1n) is 8.25. The van der Waals surface area contributed by atoms with Crippen molar-refractivity contribution < 1.29 is 9.53 Å². The Kier molecular flexibility index (Phi) is 5.21. The molecule has 6 nitrogen and oxygen atoms in total. The van der Waals surface area contributed by atoms with Gasteiger partial charge in [-0.1, -0.05) is 0 Å². The predicted molar refractivity (Wildman–Crippen MR) is 83.5 cm³/mol. The average molecular weight is 304 g/mol. The number of carbonyl (C=O) groups excluding carboxylic acids is 1. The molecular formula is C16H24N4O2. The number of likely N-dealkylation sites (tertiary alicyclic amines) is 1. The summed E-state index contributed by atoms with van der Waals surface area (Å²) in [6, 6.07) is 4.17. The van der Waals surface area contributed by atoms with Crippen LogP contribution in [0.3, 0.4) is 0 Å². The van der Waals surface area contributed by atoms with E-state index >= 15 is 0 Å². The second-order valence-electron chi connectivity index (χ2n) is 6.08. The highest BCUT2D eigenvalue weighted by Crippen LogP contribution is 2.19. The van der Waals surface area contributed by atoms with Crippen LogP contribution in [0.25, 0.3) is 0 Å². The van der Waals surface area contributed by atoms with Crippen molar-refractivity contribution in [3.8, 4) is 0 Å². The molecule has 0 unspecified atom stereocenters. The van der Waals surface area contributed by atoms with E-state index < -0.39 is 0 Å². The van der Waals surface area contributed by atoms with Crippen LogP contribution in [0, 0.1) is 0 Å². The van der Waals surface area contributed by atoms with Crippen LogP contribution in [-0.4, -0.2) is 52.8 Å². The molecular weight excluding hydrogens is 280 g/mol. The van der Waals surface area contributed by atoms with E-state index in [2.05, 4.69) is 15.5 Å². The van der Waals surface area contributed by atoms with Crippen molar-refractivity contribution in [1.82, 2.24) is 15.1 Å². The zero-order chi connectivity index (χ0) is 15.2. The first kappa shape index (κ1) is 15.2. The van der Waals surface area contributed by atoms with Gasteiger partial charge in [-0.05, 0) is 44.2 Å². The molecule has 1 amide bonds. The molecule has 0 aromatic carbocycles. The molecule has 2 saturated heterocycles. The molecule has 2 aliphatic rings. The summed E-state index contributed by atoms with van der Waals surface area (Å²) in [5, 5.41) is 11.3. The van der Waals surface area contributed by atoms with E-state index in [1.165, 1.54) is 0 Å². The monoisotopic (exact) mass is 304 g/mol. The van der Waals surface area contributed by atoms with Crippen molar-refractivity contribution in [2.45, 2.75) is 50.7 Å². The molecule has 22 heavy (non-hydrogen) atoms. The maximum absolute atomic E-state index is 12.2. The van der Waals surface area contributed by atoms with Crippen LogP contribution in [0.5, 0.6) is 0 Å². The minimum absolute atomic E-state index is 0.272. The number of hydrogen-bond donors (Lipinski definition) is 1. The fourth-order valence-corrected chi connectivity index (χ4v) is 3.18. The van der Waals surface area contributed by atoms with Gasteiger partial charge in [0.25, 0.3) is 0 Å². The summed E-state index contributed by atoms with van der Waals surface area (Å²) in [4.78, 5) is 14.2. The summed E-state index contributed by atoms with van der Waals surface area (Å²) < 4.78 is 5.58. The minimum Gasteiger partial charge on any atom is -0.378 e. The second kappa shape index (κ2) is 7.54. The van der Waals surface area contributed by atoms with Crippen molar-refractivity contribution in [3.63, 3.8) is 0 Å². The van der Waals surface area contributed by atoms with Gasteiger partial charge >= 0.3 is 0 Å². The van der Waals surface area contributed by atoms with Gasteiger partial charge in [0.05, 0.1) is 6.10 Å². The molecule has 6 heteroatoms. The summed E-state index contributed by atoms with van der Waals surface area (Å²) in [7, 11) is 0. The third kappa shape index (κ3) is 4.16. The van der Waals surface area contributed by atoms with Gasteiger partial charge in [0, 0.05) is 38.4 Å². The van der Waals surface area contributed by atoms with Crippen molar-refractivity contribution in [2.24, 2.45) is 0 Å². The number of piperidine rings is 1. The molecule has 1 aromatic rings. The number of hydrogen-bond acceptors (Lipinski definition) is 5. The van der Waals surface area contributed by atoms with Gasteiger partial charge in [0.15, 0.2) is 0 Å². The lowest BCUT2D eigenvalue weighted by Crippen LogP contribution is -2.42. The van der Waals surface area contributed by atoms with Crippen LogP contribution in [0.4, 0.5) is 5.82 Å². The quantitative estimate of drug-likeness (QED) is 0.899. The largest absolute Gasteiger partial charge is 0.378 e. The molecule has 0 spiro atoms. The topological polar surface area (TPSA) is 67.3 Å². The molecule has 2 aliphatic heterocycles. The van der Waals surface area contributed by atoms with Gasteiger partial charge < -0.3 is 15.0 Å². The Hall–Kier alpha value is -1.69. The molecule has 1 atom stereocenters. The maximum atomic E-state index is 12.2. The minimum atomic E-state index is 0.272. The SMILES string of the molecule is O=C(CC[C@@H]1CCCO1)N1CCC(Nc2cccnn2)CC1.